The summed E-state index contributed by atoms with van der Waals surface area (Å²) in [6.07, 6.45) is 4.08. The lowest BCUT2D eigenvalue weighted by atomic mass is 10.1. The van der Waals surface area contributed by atoms with Gasteiger partial charge in [-0.1, -0.05) is 13.8 Å². The summed E-state index contributed by atoms with van der Waals surface area (Å²) in [6.45, 7) is 6.26. The topological polar surface area (TPSA) is 51.2 Å². The summed E-state index contributed by atoms with van der Waals surface area (Å²) in [5.41, 5.74) is 5.89. The molecule has 19 heavy (non-hydrogen) atoms. The Morgan fingerprint density at radius 3 is 2.74 bits per heavy atom. The molecule has 3 N–H and O–H groups in total. The highest BCUT2D eigenvalue weighted by atomic mass is 16.3. The second-order valence-electron chi connectivity index (χ2n) is 6.57. The number of furan rings is 1. The molecule has 0 aromatic carbocycles. The van der Waals surface area contributed by atoms with E-state index in [9.17, 15) is 0 Å². The molecule has 2 fully saturated rings. The van der Waals surface area contributed by atoms with Crippen molar-refractivity contribution in [2.45, 2.75) is 45.1 Å². The van der Waals surface area contributed by atoms with Crippen molar-refractivity contribution in [2.75, 3.05) is 13.1 Å². The fourth-order valence-electron chi connectivity index (χ4n) is 2.93. The van der Waals surface area contributed by atoms with Crippen LogP contribution in [-0.2, 0) is 0 Å². The molecule has 1 aromatic rings. The zero-order chi connectivity index (χ0) is 13.4. The third-order valence-corrected chi connectivity index (χ3v) is 4.81. The summed E-state index contributed by atoms with van der Waals surface area (Å²) in [7, 11) is 0. The van der Waals surface area contributed by atoms with E-state index in [1.54, 1.807) is 0 Å². The summed E-state index contributed by atoms with van der Waals surface area (Å²) in [6, 6.07) is 4.41. The molecule has 2 aliphatic carbocycles. The van der Waals surface area contributed by atoms with Crippen molar-refractivity contribution in [3.05, 3.63) is 23.7 Å². The molecule has 0 amide bonds. The van der Waals surface area contributed by atoms with Gasteiger partial charge in [-0.25, -0.2) is 0 Å². The molecule has 0 saturated heterocycles. The van der Waals surface area contributed by atoms with Crippen LogP contribution in [0.25, 0.3) is 0 Å². The largest absolute Gasteiger partial charge is 0.464 e. The van der Waals surface area contributed by atoms with Crippen molar-refractivity contribution < 1.29 is 4.42 Å². The van der Waals surface area contributed by atoms with Crippen molar-refractivity contribution >= 4 is 0 Å². The highest BCUT2D eigenvalue weighted by molar-refractivity contribution is 5.19. The molecule has 4 unspecified atom stereocenters. The minimum atomic E-state index is 0.170. The number of rotatable bonds is 7. The number of nitrogens with two attached hydrogens (primary N) is 1. The van der Waals surface area contributed by atoms with E-state index >= 15 is 0 Å². The van der Waals surface area contributed by atoms with Gasteiger partial charge in [0.05, 0.1) is 6.04 Å². The molecule has 0 bridgehead atoms. The molecule has 0 aliphatic heterocycles. The van der Waals surface area contributed by atoms with Gasteiger partial charge in [0.2, 0.25) is 0 Å². The normalized spacial score (nSPS) is 29.2. The van der Waals surface area contributed by atoms with Gasteiger partial charge in [0, 0.05) is 12.5 Å². The first-order valence-electron chi connectivity index (χ1n) is 7.72. The predicted octanol–water partition coefficient (Wildman–Crippen LogP) is 3.04. The molecule has 3 nitrogen and oxygen atoms in total. The lowest BCUT2D eigenvalue weighted by Crippen LogP contribution is -2.31. The van der Waals surface area contributed by atoms with Gasteiger partial charge >= 0.3 is 0 Å². The SMILES string of the molecule is CC(CNC(CN)c1ccc(C2CC2C)o1)C1CC1. The van der Waals surface area contributed by atoms with Gasteiger partial charge in [-0.15, -0.1) is 0 Å². The average Bonchev–Trinajstić information content (AvgIpc) is 3.32. The van der Waals surface area contributed by atoms with Gasteiger partial charge < -0.3 is 15.5 Å². The van der Waals surface area contributed by atoms with Gasteiger partial charge in [-0.05, 0) is 55.7 Å². The van der Waals surface area contributed by atoms with E-state index in [0.29, 0.717) is 12.5 Å². The molecule has 0 spiro atoms. The highest BCUT2D eigenvalue weighted by Crippen LogP contribution is 2.47. The quantitative estimate of drug-likeness (QED) is 0.794. The maximum absolute atomic E-state index is 6.00. The maximum Gasteiger partial charge on any atom is 0.122 e. The third-order valence-electron chi connectivity index (χ3n) is 4.81. The Bertz CT molecular complexity index is 424. The number of nitrogens with one attached hydrogen (secondary N) is 1. The van der Waals surface area contributed by atoms with Crippen LogP contribution in [0, 0.1) is 17.8 Å². The molecule has 1 heterocycles. The summed E-state index contributed by atoms with van der Waals surface area (Å²) >= 11 is 0. The molecule has 0 radical (unpaired) electrons. The molecule has 2 saturated carbocycles. The zero-order valence-electron chi connectivity index (χ0n) is 12.1. The van der Waals surface area contributed by atoms with E-state index in [4.69, 9.17) is 10.2 Å². The molecule has 4 atom stereocenters. The van der Waals surface area contributed by atoms with E-state index in [0.717, 1.165) is 35.8 Å². The minimum Gasteiger partial charge on any atom is -0.464 e. The van der Waals surface area contributed by atoms with Crippen molar-refractivity contribution in [3.8, 4) is 0 Å². The Balaban J connectivity index is 1.56. The molecule has 3 rings (SSSR count). The van der Waals surface area contributed by atoms with Crippen molar-refractivity contribution in [1.29, 1.82) is 0 Å². The van der Waals surface area contributed by atoms with Crippen molar-refractivity contribution in [3.63, 3.8) is 0 Å². The monoisotopic (exact) mass is 262 g/mol. The Labute approximate surface area is 115 Å². The van der Waals surface area contributed by atoms with Gasteiger partial charge in [-0.3, -0.25) is 0 Å². The zero-order valence-corrected chi connectivity index (χ0v) is 12.1. The fraction of sp³-hybridized carbons (Fsp3) is 0.750. The summed E-state index contributed by atoms with van der Waals surface area (Å²) in [4.78, 5) is 0. The first-order valence-corrected chi connectivity index (χ1v) is 7.72. The van der Waals surface area contributed by atoms with Crippen LogP contribution >= 0.6 is 0 Å². The third kappa shape index (κ3) is 3.03. The standard InChI is InChI=1S/C16H26N2O/c1-10-7-13(10)15-5-6-16(19-15)14(8-17)18-9-11(2)12-3-4-12/h5-6,10-14,18H,3-4,7-9,17H2,1-2H3. The van der Waals surface area contributed by atoms with E-state index in [-0.39, 0.29) is 6.04 Å². The van der Waals surface area contributed by atoms with Crippen LogP contribution in [0.15, 0.2) is 16.5 Å². The van der Waals surface area contributed by atoms with Gasteiger partial charge in [0.1, 0.15) is 11.5 Å². The fourth-order valence-corrected chi connectivity index (χ4v) is 2.93. The van der Waals surface area contributed by atoms with Crippen molar-refractivity contribution in [1.82, 2.24) is 5.32 Å². The average molecular weight is 262 g/mol. The minimum absolute atomic E-state index is 0.170. The van der Waals surface area contributed by atoms with Crippen molar-refractivity contribution in [2.24, 2.45) is 23.5 Å². The summed E-state index contributed by atoms with van der Waals surface area (Å²) in [5.74, 6) is 5.30. The van der Waals surface area contributed by atoms with E-state index < -0.39 is 0 Å². The molecule has 2 aliphatic rings. The Morgan fingerprint density at radius 1 is 1.42 bits per heavy atom. The Kier molecular flexibility index (Phi) is 3.68. The van der Waals surface area contributed by atoms with Crippen LogP contribution in [0.3, 0.4) is 0 Å². The number of hydrogen-bond acceptors (Lipinski definition) is 3. The summed E-state index contributed by atoms with van der Waals surface area (Å²) in [5, 5.41) is 3.57. The Hall–Kier alpha value is -0.800. The number of hydrogen-bond donors (Lipinski definition) is 2. The predicted molar refractivity (Wildman–Crippen MR) is 76.9 cm³/mol. The molecular formula is C16H26N2O. The van der Waals surface area contributed by atoms with Crippen LogP contribution in [-0.4, -0.2) is 13.1 Å². The summed E-state index contributed by atoms with van der Waals surface area (Å²) < 4.78 is 6.00. The van der Waals surface area contributed by atoms with E-state index in [1.807, 2.05) is 0 Å². The molecule has 106 valence electrons. The van der Waals surface area contributed by atoms with Gasteiger partial charge in [-0.2, -0.15) is 0 Å². The smallest absolute Gasteiger partial charge is 0.122 e. The van der Waals surface area contributed by atoms with Crippen LogP contribution < -0.4 is 11.1 Å². The van der Waals surface area contributed by atoms with Crippen LogP contribution in [0.1, 0.15) is 56.6 Å². The second-order valence-corrected chi connectivity index (χ2v) is 6.57. The van der Waals surface area contributed by atoms with Crippen LogP contribution in [0.2, 0.25) is 0 Å². The molecule has 3 heteroatoms. The van der Waals surface area contributed by atoms with Gasteiger partial charge in [0.25, 0.3) is 0 Å². The van der Waals surface area contributed by atoms with Crippen LogP contribution in [0.5, 0.6) is 0 Å². The first kappa shape index (κ1) is 13.2. The van der Waals surface area contributed by atoms with Gasteiger partial charge in [0.15, 0.2) is 0 Å². The van der Waals surface area contributed by atoms with E-state index in [1.165, 1.54) is 19.3 Å². The molecule has 1 aromatic heterocycles. The Morgan fingerprint density at radius 2 is 2.16 bits per heavy atom. The van der Waals surface area contributed by atoms with E-state index in [2.05, 4.69) is 31.3 Å². The first-order chi connectivity index (χ1) is 9.19. The van der Waals surface area contributed by atoms with Crippen LogP contribution in [0.4, 0.5) is 0 Å². The second kappa shape index (κ2) is 5.29. The maximum atomic E-state index is 6.00. The molecular weight excluding hydrogens is 236 g/mol. The lowest BCUT2D eigenvalue weighted by Gasteiger charge is -2.18. The lowest BCUT2D eigenvalue weighted by molar-refractivity contribution is 0.364. The highest BCUT2D eigenvalue weighted by Gasteiger charge is 2.37.